The second kappa shape index (κ2) is 4.55. The number of ketones is 1. The molecule has 0 aromatic heterocycles. The molecule has 1 aromatic rings. The van der Waals surface area contributed by atoms with Crippen LogP contribution in [0.2, 0.25) is 0 Å². The summed E-state index contributed by atoms with van der Waals surface area (Å²) in [5.41, 5.74) is 0.624. The average Bonchev–Trinajstić information content (AvgIpc) is 2.14. The molecule has 0 aliphatic rings. The molecule has 5 heteroatoms. The SMILES string of the molecule is CCc1ccc(C(C)=O)c(OC(F)(F)F)c1. The molecular weight excluding hydrogens is 221 g/mol. The van der Waals surface area contributed by atoms with Crippen LogP contribution >= 0.6 is 0 Å². The maximum Gasteiger partial charge on any atom is 0.573 e. The first kappa shape index (κ1) is 12.5. The summed E-state index contributed by atoms with van der Waals surface area (Å²) >= 11 is 0. The highest BCUT2D eigenvalue weighted by atomic mass is 19.4. The molecule has 0 spiro atoms. The zero-order valence-electron chi connectivity index (χ0n) is 8.89. The highest BCUT2D eigenvalue weighted by Gasteiger charge is 2.32. The van der Waals surface area contributed by atoms with Gasteiger partial charge in [0.25, 0.3) is 0 Å². The molecule has 0 saturated carbocycles. The molecular formula is C11H11F3O2. The highest BCUT2D eigenvalue weighted by molar-refractivity contribution is 5.96. The van der Waals surface area contributed by atoms with Crippen LogP contribution in [0.3, 0.4) is 0 Å². The van der Waals surface area contributed by atoms with Crippen molar-refractivity contribution in [3.8, 4) is 5.75 Å². The lowest BCUT2D eigenvalue weighted by atomic mass is 10.1. The van der Waals surface area contributed by atoms with Crippen LogP contribution in [-0.2, 0) is 6.42 Å². The molecule has 0 N–H and O–H groups in total. The molecule has 0 aliphatic carbocycles. The predicted octanol–water partition coefficient (Wildman–Crippen LogP) is 3.35. The Morgan fingerprint density at radius 2 is 2.00 bits per heavy atom. The molecule has 0 heterocycles. The second-order valence-corrected chi connectivity index (χ2v) is 3.29. The van der Waals surface area contributed by atoms with E-state index in [2.05, 4.69) is 4.74 Å². The van der Waals surface area contributed by atoms with E-state index in [0.717, 1.165) is 0 Å². The number of alkyl halides is 3. The highest BCUT2D eigenvalue weighted by Crippen LogP contribution is 2.28. The summed E-state index contributed by atoms with van der Waals surface area (Å²) in [7, 11) is 0. The van der Waals surface area contributed by atoms with Crippen LogP contribution in [0.15, 0.2) is 18.2 Å². The fraction of sp³-hybridized carbons (Fsp3) is 0.364. The summed E-state index contributed by atoms with van der Waals surface area (Å²) in [4.78, 5) is 11.1. The van der Waals surface area contributed by atoms with Gasteiger partial charge in [0.1, 0.15) is 5.75 Å². The maximum absolute atomic E-state index is 12.1. The Balaban J connectivity index is 3.15. The predicted molar refractivity (Wildman–Crippen MR) is 52.5 cm³/mol. The van der Waals surface area contributed by atoms with E-state index < -0.39 is 17.9 Å². The van der Waals surface area contributed by atoms with Crippen molar-refractivity contribution in [2.24, 2.45) is 0 Å². The van der Waals surface area contributed by atoms with Crippen LogP contribution in [0.1, 0.15) is 29.8 Å². The number of ether oxygens (including phenoxy) is 1. The Bertz CT molecular complexity index is 397. The van der Waals surface area contributed by atoms with Gasteiger partial charge in [0.05, 0.1) is 5.56 Å². The number of Topliss-reactive ketones (excluding diaryl/α,β-unsaturated/α-hetero) is 1. The first-order chi connectivity index (χ1) is 7.33. The monoisotopic (exact) mass is 232 g/mol. The number of aryl methyl sites for hydroxylation is 1. The van der Waals surface area contributed by atoms with E-state index in [0.29, 0.717) is 12.0 Å². The lowest BCUT2D eigenvalue weighted by Crippen LogP contribution is -2.19. The van der Waals surface area contributed by atoms with Gasteiger partial charge < -0.3 is 4.74 Å². The van der Waals surface area contributed by atoms with Crippen molar-refractivity contribution in [1.82, 2.24) is 0 Å². The van der Waals surface area contributed by atoms with Crippen LogP contribution in [-0.4, -0.2) is 12.1 Å². The molecule has 0 unspecified atom stereocenters. The molecule has 88 valence electrons. The van der Waals surface area contributed by atoms with E-state index >= 15 is 0 Å². The normalized spacial score (nSPS) is 11.3. The zero-order valence-corrected chi connectivity index (χ0v) is 8.89. The molecule has 0 radical (unpaired) electrons. The van der Waals surface area contributed by atoms with Gasteiger partial charge in [-0.15, -0.1) is 13.2 Å². The summed E-state index contributed by atoms with van der Waals surface area (Å²) in [5.74, 6) is -0.888. The molecule has 1 aromatic carbocycles. The van der Waals surface area contributed by atoms with Crippen molar-refractivity contribution < 1.29 is 22.7 Å². The lowest BCUT2D eigenvalue weighted by molar-refractivity contribution is -0.274. The fourth-order valence-electron chi connectivity index (χ4n) is 1.29. The number of hydrogen-bond acceptors (Lipinski definition) is 2. The summed E-state index contributed by atoms with van der Waals surface area (Å²) in [5, 5.41) is 0. The van der Waals surface area contributed by atoms with E-state index in [1.807, 2.05) is 0 Å². The van der Waals surface area contributed by atoms with Gasteiger partial charge in [-0.1, -0.05) is 13.0 Å². The van der Waals surface area contributed by atoms with Gasteiger partial charge in [0.2, 0.25) is 0 Å². The average molecular weight is 232 g/mol. The van der Waals surface area contributed by atoms with Crippen molar-refractivity contribution in [3.63, 3.8) is 0 Å². The molecule has 1 rings (SSSR count). The van der Waals surface area contributed by atoms with Gasteiger partial charge in [-0.25, -0.2) is 0 Å². The molecule has 16 heavy (non-hydrogen) atoms. The van der Waals surface area contributed by atoms with Crippen LogP contribution in [0.4, 0.5) is 13.2 Å². The van der Waals surface area contributed by atoms with Crippen LogP contribution < -0.4 is 4.74 Å². The summed E-state index contributed by atoms with van der Waals surface area (Å²) < 4.78 is 40.1. The smallest absolute Gasteiger partial charge is 0.405 e. The van der Waals surface area contributed by atoms with E-state index in [1.165, 1.54) is 19.1 Å². The number of carbonyl (C=O) groups excluding carboxylic acids is 1. The molecule has 0 amide bonds. The molecule has 2 nitrogen and oxygen atoms in total. The van der Waals surface area contributed by atoms with Gasteiger partial charge in [-0.05, 0) is 31.0 Å². The number of benzene rings is 1. The van der Waals surface area contributed by atoms with Crippen molar-refractivity contribution >= 4 is 5.78 Å². The van der Waals surface area contributed by atoms with Crippen LogP contribution in [0, 0.1) is 0 Å². The van der Waals surface area contributed by atoms with E-state index in [1.54, 1.807) is 13.0 Å². The third-order valence-corrected chi connectivity index (χ3v) is 2.06. The molecule has 0 aliphatic heterocycles. The maximum atomic E-state index is 12.1. The Morgan fingerprint density at radius 3 is 2.44 bits per heavy atom. The minimum Gasteiger partial charge on any atom is -0.405 e. The Morgan fingerprint density at radius 1 is 1.38 bits per heavy atom. The first-order valence-electron chi connectivity index (χ1n) is 4.73. The zero-order chi connectivity index (χ0) is 12.3. The van der Waals surface area contributed by atoms with E-state index in [4.69, 9.17) is 0 Å². The summed E-state index contributed by atoms with van der Waals surface area (Å²) in [6, 6.07) is 4.20. The third-order valence-electron chi connectivity index (χ3n) is 2.06. The van der Waals surface area contributed by atoms with E-state index in [-0.39, 0.29) is 5.56 Å². The number of halogens is 3. The van der Waals surface area contributed by atoms with Crippen molar-refractivity contribution in [2.75, 3.05) is 0 Å². The van der Waals surface area contributed by atoms with Crippen LogP contribution in [0.5, 0.6) is 5.75 Å². The molecule has 0 saturated heterocycles. The Labute approximate surface area is 91.0 Å². The minimum atomic E-state index is -4.78. The van der Waals surface area contributed by atoms with Crippen molar-refractivity contribution in [1.29, 1.82) is 0 Å². The van der Waals surface area contributed by atoms with Gasteiger partial charge in [-0.2, -0.15) is 0 Å². The largest absolute Gasteiger partial charge is 0.573 e. The molecule has 0 atom stereocenters. The topological polar surface area (TPSA) is 26.3 Å². The Hall–Kier alpha value is -1.52. The van der Waals surface area contributed by atoms with Gasteiger partial charge in [-0.3, -0.25) is 4.79 Å². The van der Waals surface area contributed by atoms with Gasteiger partial charge in [0.15, 0.2) is 5.78 Å². The van der Waals surface area contributed by atoms with E-state index in [9.17, 15) is 18.0 Å². The molecule has 0 bridgehead atoms. The van der Waals surface area contributed by atoms with Crippen molar-refractivity contribution in [3.05, 3.63) is 29.3 Å². The first-order valence-corrected chi connectivity index (χ1v) is 4.73. The summed E-state index contributed by atoms with van der Waals surface area (Å²) in [6.45, 7) is 3.00. The summed E-state index contributed by atoms with van der Waals surface area (Å²) in [6.07, 6.45) is -4.21. The molecule has 0 fully saturated rings. The number of carbonyl (C=O) groups is 1. The number of hydrogen-bond donors (Lipinski definition) is 0. The standard InChI is InChI=1S/C11H11F3O2/c1-3-8-4-5-9(7(2)15)10(6-8)16-11(12,13)14/h4-6H,3H2,1-2H3. The number of rotatable bonds is 3. The quantitative estimate of drug-likeness (QED) is 0.747. The second-order valence-electron chi connectivity index (χ2n) is 3.29. The van der Waals surface area contributed by atoms with Crippen LogP contribution in [0.25, 0.3) is 0 Å². The lowest BCUT2D eigenvalue weighted by Gasteiger charge is -2.12. The van der Waals surface area contributed by atoms with Crippen molar-refractivity contribution in [2.45, 2.75) is 26.6 Å². The van der Waals surface area contributed by atoms with Gasteiger partial charge >= 0.3 is 6.36 Å². The third kappa shape index (κ3) is 3.25. The minimum absolute atomic E-state index is 0.0606. The Kier molecular flexibility index (Phi) is 3.57. The van der Waals surface area contributed by atoms with Gasteiger partial charge in [0, 0.05) is 0 Å². The fourth-order valence-corrected chi connectivity index (χ4v) is 1.29.